The minimum absolute atomic E-state index is 0.0540. The molecular formula is C11H18N2O4S. The first-order chi connectivity index (χ1) is 8.47. The third kappa shape index (κ3) is 2.92. The highest BCUT2D eigenvalue weighted by atomic mass is 32.2. The van der Waals surface area contributed by atoms with Gasteiger partial charge in [0.2, 0.25) is 10.0 Å². The van der Waals surface area contributed by atoms with Crippen molar-refractivity contribution in [1.29, 1.82) is 0 Å². The highest BCUT2D eigenvalue weighted by Gasteiger charge is 2.21. The molecule has 0 saturated heterocycles. The molecule has 0 radical (unpaired) electrons. The number of nitrogens with zero attached hydrogens (tertiary/aromatic N) is 1. The van der Waals surface area contributed by atoms with E-state index in [0.717, 1.165) is 4.31 Å². The number of hydrogen-bond donors (Lipinski definition) is 2. The summed E-state index contributed by atoms with van der Waals surface area (Å²) in [5.41, 5.74) is 0.710. The zero-order valence-corrected chi connectivity index (χ0v) is 11.5. The number of rotatable bonds is 6. The van der Waals surface area contributed by atoms with E-state index in [0.29, 0.717) is 11.4 Å². The standard InChI is InChI=1S/C11H18N2O4S/c1-12-10-5-4-9(8-11(10)17-3)18(15,16)13(2)6-7-14/h4-5,8,12,14H,6-7H2,1-3H3. The average molecular weight is 274 g/mol. The molecule has 0 fully saturated rings. The van der Waals surface area contributed by atoms with Gasteiger partial charge >= 0.3 is 0 Å². The molecule has 0 spiro atoms. The van der Waals surface area contributed by atoms with Gasteiger partial charge in [-0.25, -0.2) is 8.42 Å². The van der Waals surface area contributed by atoms with Crippen molar-refractivity contribution in [2.24, 2.45) is 0 Å². The maximum absolute atomic E-state index is 12.1. The molecule has 0 amide bonds. The van der Waals surface area contributed by atoms with E-state index in [1.807, 2.05) is 0 Å². The number of ether oxygens (including phenoxy) is 1. The number of methoxy groups -OCH3 is 1. The van der Waals surface area contributed by atoms with E-state index in [2.05, 4.69) is 5.32 Å². The summed E-state index contributed by atoms with van der Waals surface area (Å²) >= 11 is 0. The minimum atomic E-state index is -3.59. The second-order valence-electron chi connectivity index (χ2n) is 3.66. The van der Waals surface area contributed by atoms with Gasteiger partial charge in [0.05, 0.1) is 24.3 Å². The number of likely N-dealkylation sites (N-methyl/N-ethyl adjacent to an activating group) is 1. The van der Waals surface area contributed by atoms with E-state index in [1.54, 1.807) is 13.1 Å². The Labute approximate surface area is 107 Å². The van der Waals surface area contributed by atoms with Crippen LogP contribution in [0.15, 0.2) is 23.1 Å². The number of hydrogen-bond acceptors (Lipinski definition) is 5. The Morgan fingerprint density at radius 3 is 2.61 bits per heavy atom. The van der Waals surface area contributed by atoms with E-state index in [4.69, 9.17) is 9.84 Å². The van der Waals surface area contributed by atoms with E-state index in [-0.39, 0.29) is 18.0 Å². The Morgan fingerprint density at radius 2 is 2.11 bits per heavy atom. The number of aliphatic hydroxyl groups is 1. The molecule has 0 aliphatic rings. The maximum Gasteiger partial charge on any atom is 0.243 e. The van der Waals surface area contributed by atoms with Crippen LogP contribution in [0.25, 0.3) is 0 Å². The summed E-state index contributed by atoms with van der Waals surface area (Å²) in [6.45, 7) is -0.167. The van der Waals surface area contributed by atoms with Gasteiger partial charge in [0.15, 0.2) is 0 Å². The molecule has 1 rings (SSSR count). The summed E-state index contributed by atoms with van der Waals surface area (Å²) < 4.78 is 30.5. The van der Waals surface area contributed by atoms with E-state index in [9.17, 15) is 8.42 Å². The Morgan fingerprint density at radius 1 is 1.44 bits per heavy atom. The van der Waals surface area contributed by atoms with Crippen LogP contribution in [0.2, 0.25) is 0 Å². The van der Waals surface area contributed by atoms with Crippen LogP contribution < -0.4 is 10.1 Å². The summed E-state index contributed by atoms with van der Waals surface area (Å²) in [4.78, 5) is 0.134. The molecule has 18 heavy (non-hydrogen) atoms. The van der Waals surface area contributed by atoms with Gasteiger partial charge in [-0.2, -0.15) is 4.31 Å². The lowest BCUT2D eigenvalue weighted by atomic mass is 10.3. The van der Waals surface area contributed by atoms with E-state index in [1.165, 1.54) is 26.3 Å². The molecular weight excluding hydrogens is 256 g/mol. The lowest BCUT2D eigenvalue weighted by molar-refractivity contribution is 0.266. The summed E-state index contributed by atoms with van der Waals surface area (Å²) in [5.74, 6) is 0.455. The molecule has 1 aromatic rings. The molecule has 0 heterocycles. The van der Waals surface area contributed by atoms with Crippen LogP contribution in [0.1, 0.15) is 0 Å². The van der Waals surface area contributed by atoms with E-state index >= 15 is 0 Å². The summed E-state index contributed by atoms with van der Waals surface area (Å²) in [5, 5.41) is 11.7. The molecule has 0 bridgehead atoms. The first-order valence-corrected chi connectivity index (χ1v) is 6.84. The normalized spacial score (nSPS) is 11.6. The highest BCUT2D eigenvalue weighted by molar-refractivity contribution is 7.89. The lowest BCUT2D eigenvalue weighted by Gasteiger charge is -2.17. The SMILES string of the molecule is CNc1ccc(S(=O)(=O)N(C)CCO)cc1OC. The molecule has 0 aliphatic carbocycles. The van der Waals surface area contributed by atoms with Gasteiger partial charge < -0.3 is 15.2 Å². The molecule has 0 aliphatic heterocycles. The van der Waals surface area contributed by atoms with Crippen LogP contribution in [-0.4, -0.2) is 52.2 Å². The Kier molecular flexibility index (Phi) is 4.94. The predicted octanol–water partition coefficient (Wildman–Crippen LogP) is 0.350. The first-order valence-electron chi connectivity index (χ1n) is 5.40. The molecule has 2 N–H and O–H groups in total. The minimum Gasteiger partial charge on any atom is -0.495 e. The number of aliphatic hydroxyl groups excluding tert-OH is 1. The molecule has 7 heteroatoms. The van der Waals surface area contributed by atoms with Crippen molar-refractivity contribution >= 4 is 15.7 Å². The van der Waals surface area contributed by atoms with Gasteiger partial charge in [0, 0.05) is 26.7 Å². The number of sulfonamides is 1. The number of anilines is 1. The number of benzene rings is 1. The van der Waals surface area contributed by atoms with Crippen LogP contribution in [0.5, 0.6) is 5.75 Å². The number of nitrogens with one attached hydrogen (secondary N) is 1. The molecule has 0 unspecified atom stereocenters. The van der Waals surface area contributed by atoms with Crippen LogP contribution in [0.3, 0.4) is 0 Å². The molecule has 6 nitrogen and oxygen atoms in total. The largest absolute Gasteiger partial charge is 0.495 e. The zero-order valence-electron chi connectivity index (χ0n) is 10.7. The fraction of sp³-hybridized carbons (Fsp3) is 0.455. The van der Waals surface area contributed by atoms with Crippen LogP contribution in [0.4, 0.5) is 5.69 Å². The monoisotopic (exact) mass is 274 g/mol. The zero-order chi connectivity index (χ0) is 13.8. The molecule has 1 aromatic carbocycles. The fourth-order valence-corrected chi connectivity index (χ4v) is 2.66. The third-order valence-electron chi connectivity index (χ3n) is 2.57. The average Bonchev–Trinajstić information content (AvgIpc) is 2.38. The second kappa shape index (κ2) is 6.03. The van der Waals surface area contributed by atoms with Crippen molar-refractivity contribution in [2.45, 2.75) is 4.90 Å². The highest BCUT2D eigenvalue weighted by Crippen LogP contribution is 2.28. The fourth-order valence-electron chi connectivity index (χ4n) is 1.48. The van der Waals surface area contributed by atoms with E-state index < -0.39 is 10.0 Å². The van der Waals surface area contributed by atoms with Crippen molar-refractivity contribution < 1.29 is 18.3 Å². The quantitative estimate of drug-likeness (QED) is 0.782. The van der Waals surface area contributed by atoms with Gasteiger partial charge in [-0.3, -0.25) is 0 Å². The summed E-state index contributed by atoms with van der Waals surface area (Å²) in [6, 6.07) is 4.59. The third-order valence-corrected chi connectivity index (χ3v) is 4.42. The predicted molar refractivity (Wildman–Crippen MR) is 69.4 cm³/mol. The van der Waals surface area contributed by atoms with Crippen molar-refractivity contribution in [2.75, 3.05) is 39.7 Å². The summed E-state index contributed by atoms with van der Waals surface area (Å²) in [6.07, 6.45) is 0. The van der Waals surface area contributed by atoms with Crippen molar-refractivity contribution in [3.8, 4) is 5.75 Å². The lowest BCUT2D eigenvalue weighted by Crippen LogP contribution is -2.29. The molecule has 0 aromatic heterocycles. The molecule has 0 atom stereocenters. The van der Waals surface area contributed by atoms with Gasteiger partial charge in [-0.1, -0.05) is 0 Å². The molecule has 0 saturated carbocycles. The summed E-state index contributed by atoms with van der Waals surface area (Å²) in [7, 11) is 1.03. The maximum atomic E-state index is 12.1. The topological polar surface area (TPSA) is 78.9 Å². The molecule has 102 valence electrons. The van der Waals surface area contributed by atoms with Crippen LogP contribution >= 0.6 is 0 Å². The van der Waals surface area contributed by atoms with Crippen molar-refractivity contribution in [3.05, 3.63) is 18.2 Å². The Hall–Kier alpha value is -1.31. The van der Waals surface area contributed by atoms with Crippen molar-refractivity contribution in [1.82, 2.24) is 4.31 Å². The Balaban J connectivity index is 3.17. The smallest absolute Gasteiger partial charge is 0.243 e. The van der Waals surface area contributed by atoms with Crippen molar-refractivity contribution in [3.63, 3.8) is 0 Å². The first kappa shape index (κ1) is 14.7. The van der Waals surface area contributed by atoms with Gasteiger partial charge in [-0.15, -0.1) is 0 Å². The van der Waals surface area contributed by atoms with Gasteiger partial charge in [0.1, 0.15) is 5.75 Å². The second-order valence-corrected chi connectivity index (χ2v) is 5.71. The van der Waals surface area contributed by atoms with Gasteiger partial charge in [-0.05, 0) is 12.1 Å². The van der Waals surface area contributed by atoms with Crippen LogP contribution in [-0.2, 0) is 10.0 Å². The Bertz CT molecular complexity index is 502. The van der Waals surface area contributed by atoms with Gasteiger partial charge in [0.25, 0.3) is 0 Å². The van der Waals surface area contributed by atoms with Crippen LogP contribution in [0, 0.1) is 0 Å².